The minimum absolute atomic E-state index is 0.0310. The Hall–Kier alpha value is -1.69. The second kappa shape index (κ2) is 5.58. The van der Waals surface area contributed by atoms with E-state index in [1.54, 1.807) is 12.5 Å². The molecule has 7 heteroatoms. The standard InChI is InChI=1S/C10H11ClFN5/c11-10-15-6-8(12)9(16-10)14-2-1-4-17-5-3-13-7-17/h3,5-7H,1-2,4H2,(H,14,15,16). The maximum absolute atomic E-state index is 13.2. The zero-order chi connectivity index (χ0) is 12.1. The fraction of sp³-hybridized carbons (Fsp3) is 0.300. The molecule has 0 saturated heterocycles. The summed E-state index contributed by atoms with van der Waals surface area (Å²) in [6.07, 6.45) is 7.21. The van der Waals surface area contributed by atoms with Gasteiger partial charge in [0.2, 0.25) is 5.28 Å². The highest BCUT2D eigenvalue weighted by molar-refractivity contribution is 6.28. The van der Waals surface area contributed by atoms with Gasteiger partial charge < -0.3 is 9.88 Å². The first-order valence-corrected chi connectivity index (χ1v) is 5.51. The first-order valence-electron chi connectivity index (χ1n) is 5.13. The van der Waals surface area contributed by atoms with Crippen LogP contribution in [0.4, 0.5) is 10.2 Å². The molecule has 2 aromatic heterocycles. The first-order chi connectivity index (χ1) is 8.25. The van der Waals surface area contributed by atoms with E-state index in [4.69, 9.17) is 11.6 Å². The molecule has 5 nitrogen and oxygen atoms in total. The third-order valence-corrected chi connectivity index (χ3v) is 2.34. The highest BCUT2D eigenvalue weighted by atomic mass is 35.5. The van der Waals surface area contributed by atoms with Crippen molar-refractivity contribution in [3.8, 4) is 0 Å². The minimum Gasteiger partial charge on any atom is -0.367 e. The van der Waals surface area contributed by atoms with Crippen molar-refractivity contribution in [2.75, 3.05) is 11.9 Å². The van der Waals surface area contributed by atoms with E-state index in [2.05, 4.69) is 20.3 Å². The van der Waals surface area contributed by atoms with Gasteiger partial charge in [0.15, 0.2) is 11.6 Å². The lowest BCUT2D eigenvalue weighted by molar-refractivity contribution is 0.612. The summed E-state index contributed by atoms with van der Waals surface area (Å²) in [6.45, 7) is 1.41. The second-order valence-electron chi connectivity index (χ2n) is 3.42. The molecule has 90 valence electrons. The summed E-state index contributed by atoms with van der Waals surface area (Å²) in [5.41, 5.74) is 0. The van der Waals surface area contributed by atoms with Crippen LogP contribution < -0.4 is 5.32 Å². The second-order valence-corrected chi connectivity index (χ2v) is 3.75. The zero-order valence-corrected chi connectivity index (χ0v) is 9.73. The zero-order valence-electron chi connectivity index (χ0n) is 8.98. The number of halogens is 2. The summed E-state index contributed by atoms with van der Waals surface area (Å²) < 4.78 is 15.2. The van der Waals surface area contributed by atoms with E-state index < -0.39 is 5.82 Å². The van der Waals surface area contributed by atoms with Crippen molar-refractivity contribution < 1.29 is 4.39 Å². The number of hydrogen-bond acceptors (Lipinski definition) is 4. The Morgan fingerprint density at radius 2 is 2.35 bits per heavy atom. The average Bonchev–Trinajstić information content (AvgIpc) is 2.82. The molecule has 1 N–H and O–H groups in total. The van der Waals surface area contributed by atoms with Crippen LogP contribution in [0.25, 0.3) is 0 Å². The summed E-state index contributed by atoms with van der Waals surface area (Å²) in [5, 5.41) is 2.90. The number of anilines is 1. The largest absolute Gasteiger partial charge is 0.367 e. The highest BCUT2D eigenvalue weighted by Gasteiger charge is 2.04. The van der Waals surface area contributed by atoms with Crippen molar-refractivity contribution in [3.05, 3.63) is 36.0 Å². The van der Waals surface area contributed by atoms with E-state index in [1.165, 1.54) is 0 Å². The number of nitrogens with zero attached hydrogens (tertiary/aromatic N) is 4. The maximum atomic E-state index is 13.2. The van der Waals surface area contributed by atoms with E-state index in [0.717, 1.165) is 19.2 Å². The SMILES string of the molecule is Fc1cnc(Cl)nc1NCCCn1ccnc1. The first kappa shape index (κ1) is 11.8. The molecule has 17 heavy (non-hydrogen) atoms. The lowest BCUT2D eigenvalue weighted by Crippen LogP contribution is -2.08. The summed E-state index contributed by atoms with van der Waals surface area (Å²) in [5.74, 6) is -0.368. The Morgan fingerprint density at radius 3 is 3.12 bits per heavy atom. The van der Waals surface area contributed by atoms with Crippen molar-refractivity contribution in [2.45, 2.75) is 13.0 Å². The van der Waals surface area contributed by atoms with Gasteiger partial charge in [0.1, 0.15) is 0 Å². The summed E-state index contributed by atoms with van der Waals surface area (Å²) in [4.78, 5) is 11.2. The van der Waals surface area contributed by atoms with E-state index in [-0.39, 0.29) is 11.1 Å². The van der Waals surface area contributed by atoms with E-state index in [9.17, 15) is 4.39 Å². The van der Waals surface area contributed by atoms with Crippen LogP contribution in [0.15, 0.2) is 24.9 Å². The number of imidazole rings is 1. The third kappa shape index (κ3) is 3.39. The smallest absolute Gasteiger partial charge is 0.224 e. The topological polar surface area (TPSA) is 55.6 Å². The number of aryl methyl sites for hydroxylation is 1. The van der Waals surface area contributed by atoms with Crippen molar-refractivity contribution in [3.63, 3.8) is 0 Å². The molecule has 0 aliphatic carbocycles. The van der Waals surface area contributed by atoms with Gasteiger partial charge in [-0.15, -0.1) is 0 Å². The molecule has 0 aromatic carbocycles. The van der Waals surface area contributed by atoms with Crippen molar-refractivity contribution in [1.82, 2.24) is 19.5 Å². The van der Waals surface area contributed by atoms with Crippen LogP contribution >= 0.6 is 11.6 Å². The number of rotatable bonds is 5. The number of hydrogen-bond donors (Lipinski definition) is 1. The summed E-state index contributed by atoms with van der Waals surface area (Å²) >= 11 is 5.57. The molecule has 0 radical (unpaired) electrons. The predicted molar refractivity (Wildman–Crippen MR) is 62.3 cm³/mol. The fourth-order valence-corrected chi connectivity index (χ4v) is 1.49. The highest BCUT2D eigenvalue weighted by Crippen LogP contribution is 2.11. The molecule has 0 fully saturated rings. The monoisotopic (exact) mass is 255 g/mol. The Labute approximate surface area is 103 Å². The van der Waals surface area contributed by atoms with Crippen LogP contribution in [0.5, 0.6) is 0 Å². The van der Waals surface area contributed by atoms with Gasteiger partial charge in [-0.05, 0) is 18.0 Å². The molecular formula is C10H11ClFN5. The molecule has 0 amide bonds. The molecule has 2 aromatic rings. The van der Waals surface area contributed by atoms with Crippen molar-refractivity contribution in [2.24, 2.45) is 0 Å². The summed E-state index contributed by atoms with van der Waals surface area (Å²) in [7, 11) is 0. The van der Waals surface area contributed by atoms with E-state index in [0.29, 0.717) is 6.54 Å². The Bertz CT molecular complexity index is 474. The minimum atomic E-state index is -0.503. The van der Waals surface area contributed by atoms with Crippen LogP contribution in [0.3, 0.4) is 0 Å². The van der Waals surface area contributed by atoms with Crippen LogP contribution in [-0.2, 0) is 6.54 Å². The lowest BCUT2D eigenvalue weighted by atomic mass is 10.4. The predicted octanol–water partition coefficient (Wildman–Crippen LogP) is 1.97. The van der Waals surface area contributed by atoms with Crippen LogP contribution in [-0.4, -0.2) is 26.1 Å². The molecule has 0 aliphatic heterocycles. The molecule has 0 saturated carbocycles. The molecule has 0 bridgehead atoms. The average molecular weight is 256 g/mol. The maximum Gasteiger partial charge on any atom is 0.224 e. The van der Waals surface area contributed by atoms with Gasteiger partial charge in [0.25, 0.3) is 0 Å². The Morgan fingerprint density at radius 1 is 1.47 bits per heavy atom. The van der Waals surface area contributed by atoms with Gasteiger partial charge in [-0.25, -0.2) is 14.4 Å². The molecular weight excluding hydrogens is 245 g/mol. The van der Waals surface area contributed by atoms with Crippen LogP contribution in [0.2, 0.25) is 5.28 Å². The molecule has 2 rings (SSSR count). The Balaban J connectivity index is 1.80. The fourth-order valence-electron chi connectivity index (χ4n) is 1.36. The van der Waals surface area contributed by atoms with E-state index >= 15 is 0 Å². The van der Waals surface area contributed by atoms with Gasteiger partial charge in [0.05, 0.1) is 12.5 Å². The molecule has 0 unspecified atom stereocenters. The molecule has 0 atom stereocenters. The number of aromatic nitrogens is 4. The van der Waals surface area contributed by atoms with Gasteiger partial charge >= 0.3 is 0 Å². The van der Waals surface area contributed by atoms with Crippen LogP contribution in [0.1, 0.15) is 6.42 Å². The molecule has 0 aliphatic rings. The summed E-state index contributed by atoms with van der Waals surface area (Å²) in [6, 6.07) is 0. The number of nitrogens with one attached hydrogen (secondary N) is 1. The lowest BCUT2D eigenvalue weighted by Gasteiger charge is -2.06. The molecule has 0 spiro atoms. The van der Waals surface area contributed by atoms with Crippen LogP contribution in [0, 0.1) is 5.82 Å². The van der Waals surface area contributed by atoms with Gasteiger partial charge in [0, 0.05) is 25.5 Å². The van der Waals surface area contributed by atoms with Crippen molar-refractivity contribution in [1.29, 1.82) is 0 Å². The third-order valence-electron chi connectivity index (χ3n) is 2.16. The quantitative estimate of drug-likeness (QED) is 0.656. The van der Waals surface area contributed by atoms with Gasteiger partial charge in [-0.1, -0.05) is 0 Å². The molecule has 2 heterocycles. The van der Waals surface area contributed by atoms with Crippen molar-refractivity contribution >= 4 is 17.4 Å². The normalized spacial score (nSPS) is 10.5. The van der Waals surface area contributed by atoms with E-state index in [1.807, 2.05) is 10.8 Å². The Kier molecular flexibility index (Phi) is 3.87. The van der Waals surface area contributed by atoms with Gasteiger partial charge in [-0.2, -0.15) is 4.98 Å². The van der Waals surface area contributed by atoms with Gasteiger partial charge in [-0.3, -0.25) is 0 Å².